The SMILES string of the molecule is COc1ccc(NN=C2CCCN2CNC(N)=O)cc1. The molecule has 2 rings (SSSR count). The number of nitrogens with two attached hydrogens (primary N) is 1. The number of anilines is 1. The second-order valence-electron chi connectivity index (χ2n) is 4.43. The largest absolute Gasteiger partial charge is 0.497 e. The van der Waals surface area contributed by atoms with E-state index >= 15 is 0 Å². The molecule has 1 aliphatic heterocycles. The van der Waals surface area contributed by atoms with Crippen molar-refractivity contribution in [2.24, 2.45) is 10.8 Å². The number of hydrogen-bond donors (Lipinski definition) is 3. The molecule has 1 aliphatic rings. The Balaban J connectivity index is 1.93. The lowest BCUT2D eigenvalue weighted by molar-refractivity contribution is 0.244. The Bertz CT molecular complexity index is 486. The lowest BCUT2D eigenvalue weighted by atomic mass is 10.3. The normalized spacial score (nSPS) is 16.2. The average molecular weight is 277 g/mol. The van der Waals surface area contributed by atoms with Gasteiger partial charge in [-0.05, 0) is 30.7 Å². The molecule has 0 aliphatic carbocycles. The third-order valence-electron chi connectivity index (χ3n) is 3.04. The van der Waals surface area contributed by atoms with Gasteiger partial charge in [-0.2, -0.15) is 5.10 Å². The summed E-state index contributed by atoms with van der Waals surface area (Å²) in [6.45, 7) is 1.25. The number of nitrogens with one attached hydrogen (secondary N) is 2. The number of methoxy groups -OCH3 is 1. The van der Waals surface area contributed by atoms with Crippen molar-refractivity contribution in [3.63, 3.8) is 0 Å². The summed E-state index contributed by atoms with van der Waals surface area (Å²) in [5, 5.41) is 6.94. The predicted octanol–water partition coefficient (Wildman–Crippen LogP) is 1.14. The van der Waals surface area contributed by atoms with E-state index in [0.29, 0.717) is 6.67 Å². The fourth-order valence-electron chi connectivity index (χ4n) is 1.98. The molecule has 0 saturated carbocycles. The summed E-state index contributed by atoms with van der Waals surface area (Å²) in [5.74, 6) is 1.71. The first-order chi connectivity index (χ1) is 9.69. The summed E-state index contributed by atoms with van der Waals surface area (Å²) in [7, 11) is 1.63. The molecule has 1 saturated heterocycles. The van der Waals surface area contributed by atoms with Crippen LogP contribution in [0.4, 0.5) is 10.5 Å². The van der Waals surface area contributed by atoms with Gasteiger partial charge in [-0.15, -0.1) is 0 Å². The first-order valence-corrected chi connectivity index (χ1v) is 6.44. The number of carbonyl (C=O) groups excluding carboxylic acids is 1. The van der Waals surface area contributed by atoms with Crippen LogP contribution in [0.5, 0.6) is 5.75 Å². The summed E-state index contributed by atoms with van der Waals surface area (Å²) >= 11 is 0. The number of rotatable bonds is 5. The van der Waals surface area contributed by atoms with Crippen molar-refractivity contribution >= 4 is 17.6 Å². The highest BCUT2D eigenvalue weighted by molar-refractivity contribution is 5.85. The van der Waals surface area contributed by atoms with E-state index in [9.17, 15) is 4.79 Å². The number of urea groups is 1. The average Bonchev–Trinajstić information content (AvgIpc) is 2.91. The maximum Gasteiger partial charge on any atom is 0.313 e. The third-order valence-corrected chi connectivity index (χ3v) is 3.04. The zero-order chi connectivity index (χ0) is 14.4. The van der Waals surface area contributed by atoms with Crippen LogP contribution in [0.3, 0.4) is 0 Å². The molecule has 20 heavy (non-hydrogen) atoms. The Morgan fingerprint density at radius 2 is 2.20 bits per heavy atom. The molecule has 1 fully saturated rings. The van der Waals surface area contributed by atoms with Gasteiger partial charge < -0.3 is 20.7 Å². The van der Waals surface area contributed by atoms with Crippen molar-refractivity contribution in [3.05, 3.63) is 24.3 Å². The van der Waals surface area contributed by atoms with Gasteiger partial charge >= 0.3 is 6.03 Å². The van der Waals surface area contributed by atoms with E-state index in [2.05, 4.69) is 15.8 Å². The first-order valence-electron chi connectivity index (χ1n) is 6.44. The van der Waals surface area contributed by atoms with Crippen molar-refractivity contribution in [2.75, 3.05) is 25.7 Å². The van der Waals surface area contributed by atoms with Gasteiger partial charge in [-0.1, -0.05) is 0 Å². The van der Waals surface area contributed by atoms with E-state index in [1.54, 1.807) is 7.11 Å². The van der Waals surface area contributed by atoms with Crippen molar-refractivity contribution < 1.29 is 9.53 Å². The highest BCUT2D eigenvalue weighted by Crippen LogP contribution is 2.16. The van der Waals surface area contributed by atoms with Crippen LogP contribution in [0.2, 0.25) is 0 Å². The van der Waals surface area contributed by atoms with Crippen LogP contribution in [-0.2, 0) is 0 Å². The third kappa shape index (κ3) is 3.78. The molecule has 0 aromatic heterocycles. The highest BCUT2D eigenvalue weighted by atomic mass is 16.5. The van der Waals surface area contributed by atoms with Gasteiger partial charge in [0.25, 0.3) is 0 Å². The van der Waals surface area contributed by atoms with E-state index in [-0.39, 0.29) is 0 Å². The van der Waals surface area contributed by atoms with Gasteiger partial charge in [-0.25, -0.2) is 4.79 Å². The monoisotopic (exact) mass is 277 g/mol. The smallest absolute Gasteiger partial charge is 0.313 e. The van der Waals surface area contributed by atoms with Crippen LogP contribution in [0.1, 0.15) is 12.8 Å². The quantitative estimate of drug-likeness (QED) is 0.704. The van der Waals surface area contributed by atoms with Crippen molar-refractivity contribution in [1.82, 2.24) is 10.2 Å². The lowest BCUT2D eigenvalue weighted by Gasteiger charge is -2.18. The van der Waals surface area contributed by atoms with Gasteiger partial charge in [0, 0.05) is 13.0 Å². The fourth-order valence-corrected chi connectivity index (χ4v) is 1.98. The summed E-state index contributed by atoms with van der Waals surface area (Å²) in [5.41, 5.74) is 8.95. The van der Waals surface area contributed by atoms with Crippen LogP contribution in [0.25, 0.3) is 0 Å². The summed E-state index contributed by atoms with van der Waals surface area (Å²) in [4.78, 5) is 12.7. The molecule has 7 nitrogen and oxygen atoms in total. The van der Waals surface area contributed by atoms with Crippen molar-refractivity contribution in [2.45, 2.75) is 12.8 Å². The van der Waals surface area contributed by atoms with Gasteiger partial charge in [-0.3, -0.25) is 5.43 Å². The molecule has 1 aromatic carbocycles. The Morgan fingerprint density at radius 3 is 2.85 bits per heavy atom. The number of hydrazone groups is 1. The lowest BCUT2D eigenvalue weighted by Crippen LogP contribution is -2.40. The number of amides is 2. The Labute approximate surface area is 117 Å². The van der Waals surface area contributed by atoms with Crippen LogP contribution in [0.15, 0.2) is 29.4 Å². The van der Waals surface area contributed by atoms with Gasteiger partial charge in [0.2, 0.25) is 0 Å². The summed E-state index contributed by atoms with van der Waals surface area (Å²) < 4.78 is 5.09. The van der Waals surface area contributed by atoms with E-state index < -0.39 is 6.03 Å². The molecule has 1 aromatic rings. The predicted molar refractivity (Wildman–Crippen MR) is 77.6 cm³/mol. The second-order valence-corrected chi connectivity index (χ2v) is 4.43. The molecule has 108 valence electrons. The van der Waals surface area contributed by atoms with Gasteiger partial charge in [0.1, 0.15) is 11.6 Å². The molecule has 0 atom stereocenters. The number of hydrogen-bond acceptors (Lipinski definition) is 4. The zero-order valence-electron chi connectivity index (χ0n) is 11.4. The van der Waals surface area contributed by atoms with E-state index in [4.69, 9.17) is 10.5 Å². The maximum absolute atomic E-state index is 10.7. The molecule has 0 radical (unpaired) electrons. The molecule has 7 heteroatoms. The number of nitrogens with zero attached hydrogens (tertiary/aromatic N) is 2. The maximum atomic E-state index is 10.7. The number of primary amides is 1. The Hall–Kier alpha value is -2.44. The molecule has 0 unspecified atom stereocenters. The Kier molecular flexibility index (Phi) is 4.65. The minimum atomic E-state index is -0.528. The van der Waals surface area contributed by atoms with Crippen LogP contribution in [-0.4, -0.2) is 37.1 Å². The molecular formula is C13H19N5O2. The van der Waals surface area contributed by atoms with Crippen molar-refractivity contribution in [1.29, 1.82) is 0 Å². The van der Waals surface area contributed by atoms with E-state index in [1.165, 1.54) is 0 Å². The van der Waals surface area contributed by atoms with E-state index in [1.807, 2.05) is 29.2 Å². The first kappa shape index (κ1) is 14.0. The van der Waals surface area contributed by atoms with Crippen LogP contribution in [0, 0.1) is 0 Å². The highest BCUT2D eigenvalue weighted by Gasteiger charge is 2.18. The number of benzene rings is 1. The molecule has 0 spiro atoms. The van der Waals surface area contributed by atoms with Crippen LogP contribution >= 0.6 is 0 Å². The molecular weight excluding hydrogens is 258 g/mol. The zero-order valence-corrected chi connectivity index (χ0v) is 11.4. The number of likely N-dealkylation sites (tertiary alicyclic amines) is 1. The molecule has 0 bridgehead atoms. The number of carbonyl (C=O) groups is 1. The summed E-state index contributed by atoms with van der Waals surface area (Å²) in [6, 6.07) is 6.99. The molecule has 2 amide bonds. The standard InChI is InChI=1S/C13H19N5O2/c1-20-11-6-4-10(5-7-11)16-17-12-3-2-8-18(12)9-15-13(14)19/h4-7,16H,2-3,8-9H2,1H3,(H3,14,15,19). The molecule has 1 heterocycles. The van der Waals surface area contributed by atoms with E-state index in [0.717, 1.165) is 36.7 Å². The molecule has 4 N–H and O–H groups in total. The Morgan fingerprint density at radius 1 is 1.45 bits per heavy atom. The second kappa shape index (κ2) is 6.65. The number of ether oxygens (including phenoxy) is 1. The van der Waals surface area contributed by atoms with Crippen molar-refractivity contribution in [3.8, 4) is 5.75 Å². The van der Waals surface area contributed by atoms with Gasteiger partial charge in [0.05, 0.1) is 19.5 Å². The van der Waals surface area contributed by atoms with Crippen LogP contribution < -0.4 is 21.2 Å². The fraction of sp³-hybridized carbons (Fsp3) is 0.385. The minimum absolute atomic E-state index is 0.387. The number of amidine groups is 1. The van der Waals surface area contributed by atoms with Gasteiger partial charge in [0.15, 0.2) is 0 Å². The summed E-state index contributed by atoms with van der Waals surface area (Å²) in [6.07, 6.45) is 1.90. The minimum Gasteiger partial charge on any atom is -0.497 e. The topological polar surface area (TPSA) is 92.0 Å².